The van der Waals surface area contributed by atoms with Crippen LogP contribution < -0.4 is 4.74 Å². The van der Waals surface area contributed by atoms with Gasteiger partial charge in [0.15, 0.2) is 0 Å². The van der Waals surface area contributed by atoms with Crippen molar-refractivity contribution in [3.63, 3.8) is 0 Å². The van der Waals surface area contributed by atoms with Crippen LogP contribution in [0.15, 0.2) is 12.3 Å². The monoisotopic (exact) mass is 270 g/mol. The summed E-state index contributed by atoms with van der Waals surface area (Å²) in [6.07, 6.45) is 3.73. The fraction of sp³-hybridized carbons (Fsp3) is 0.500. The van der Waals surface area contributed by atoms with Crippen molar-refractivity contribution < 1.29 is 14.6 Å². The summed E-state index contributed by atoms with van der Waals surface area (Å²) in [5, 5.41) is 9.01. The Kier molecular flexibility index (Phi) is 4.38. The molecule has 2 heterocycles. The van der Waals surface area contributed by atoms with Gasteiger partial charge in [0.1, 0.15) is 11.6 Å². The average Bonchev–Trinajstić information content (AvgIpc) is 2.84. The van der Waals surface area contributed by atoms with Gasteiger partial charge in [-0.3, -0.25) is 4.90 Å². The first-order valence-corrected chi connectivity index (χ1v) is 6.28. The van der Waals surface area contributed by atoms with Crippen LogP contribution in [0.3, 0.4) is 0 Å². The third-order valence-corrected chi connectivity index (χ3v) is 3.17. The summed E-state index contributed by atoms with van der Waals surface area (Å²) in [5.74, 6) is -0.756. The third-order valence-electron chi connectivity index (χ3n) is 2.90. The molecule has 0 amide bonds. The first kappa shape index (κ1) is 13.1. The minimum Gasteiger partial charge on any atom is -0.478 e. The van der Waals surface area contributed by atoms with Gasteiger partial charge in [-0.05, 0) is 32.0 Å². The minimum absolute atomic E-state index is 0.0619. The Labute approximate surface area is 110 Å². The van der Waals surface area contributed by atoms with Gasteiger partial charge >= 0.3 is 5.97 Å². The van der Waals surface area contributed by atoms with Gasteiger partial charge in [0.25, 0.3) is 0 Å². The van der Waals surface area contributed by atoms with Crippen LogP contribution in [0.25, 0.3) is 0 Å². The molecule has 1 aliphatic heterocycles. The zero-order valence-electron chi connectivity index (χ0n) is 9.93. The Bertz CT molecular complexity index is 433. The molecule has 1 aromatic rings. The maximum absolute atomic E-state index is 10.7. The zero-order chi connectivity index (χ0) is 13.0. The van der Waals surface area contributed by atoms with Gasteiger partial charge in [-0.15, -0.1) is 0 Å². The zero-order valence-corrected chi connectivity index (χ0v) is 10.7. The van der Waals surface area contributed by atoms with Gasteiger partial charge in [-0.2, -0.15) is 0 Å². The van der Waals surface area contributed by atoms with E-state index < -0.39 is 5.97 Å². The summed E-state index contributed by atoms with van der Waals surface area (Å²) in [5.41, 5.74) is 0.0619. The number of nitrogens with zero attached hydrogens (tertiary/aromatic N) is 2. The SMILES string of the molecule is O=C(O)c1cnc(OCCN2CCCC2)c(Cl)c1. The minimum atomic E-state index is -1.05. The molecule has 0 saturated carbocycles. The molecule has 1 N–H and O–H groups in total. The molecule has 0 aromatic carbocycles. The van der Waals surface area contributed by atoms with E-state index in [0.717, 1.165) is 19.6 Å². The predicted molar refractivity (Wildman–Crippen MR) is 67.4 cm³/mol. The largest absolute Gasteiger partial charge is 0.478 e. The number of carbonyl (C=O) groups is 1. The molecule has 98 valence electrons. The van der Waals surface area contributed by atoms with Crippen molar-refractivity contribution in [1.82, 2.24) is 9.88 Å². The highest BCUT2D eigenvalue weighted by Crippen LogP contribution is 2.22. The number of pyridine rings is 1. The van der Waals surface area contributed by atoms with Crippen LogP contribution in [0, 0.1) is 0 Å². The number of carboxylic acids is 1. The second-order valence-electron chi connectivity index (χ2n) is 4.21. The molecule has 2 rings (SSSR count). The van der Waals surface area contributed by atoms with Crippen LogP contribution in [-0.2, 0) is 0 Å². The highest BCUT2D eigenvalue weighted by Gasteiger charge is 2.12. The Morgan fingerprint density at radius 1 is 1.50 bits per heavy atom. The molecule has 1 aliphatic rings. The van der Waals surface area contributed by atoms with E-state index in [1.54, 1.807) is 0 Å². The van der Waals surface area contributed by atoms with E-state index in [0.29, 0.717) is 12.5 Å². The van der Waals surface area contributed by atoms with Crippen LogP contribution in [0.5, 0.6) is 5.88 Å². The number of halogens is 1. The highest BCUT2D eigenvalue weighted by molar-refractivity contribution is 6.32. The van der Waals surface area contributed by atoms with E-state index in [2.05, 4.69) is 9.88 Å². The van der Waals surface area contributed by atoms with Crippen LogP contribution in [0.4, 0.5) is 0 Å². The second-order valence-corrected chi connectivity index (χ2v) is 4.62. The fourth-order valence-electron chi connectivity index (χ4n) is 1.93. The van der Waals surface area contributed by atoms with E-state index in [9.17, 15) is 4.79 Å². The molecule has 0 atom stereocenters. The first-order chi connectivity index (χ1) is 8.66. The molecule has 1 saturated heterocycles. The summed E-state index contributed by atoms with van der Waals surface area (Å²) in [4.78, 5) is 16.9. The number of hydrogen-bond acceptors (Lipinski definition) is 4. The number of likely N-dealkylation sites (tertiary alicyclic amines) is 1. The normalized spacial score (nSPS) is 15.8. The molecule has 1 fully saturated rings. The lowest BCUT2D eigenvalue weighted by Gasteiger charge is -2.14. The molecule has 1 aromatic heterocycles. The van der Waals surface area contributed by atoms with Crippen molar-refractivity contribution in [3.05, 3.63) is 22.8 Å². The summed E-state index contributed by atoms with van der Waals surface area (Å²) in [6, 6.07) is 1.35. The van der Waals surface area contributed by atoms with E-state index in [1.807, 2.05) is 0 Å². The summed E-state index contributed by atoms with van der Waals surface area (Å²) in [6.45, 7) is 3.59. The summed E-state index contributed by atoms with van der Waals surface area (Å²) >= 11 is 5.90. The smallest absolute Gasteiger partial charge is 0.337 e. The number of rotatable bonds is 5. The average molecular weight is 271 g/mol. The van der Waals surface area contributed by atoms with Crippen LogP contribution in [-0.4, -0.2) is 47.2 Å². The van der Waals surface area contributed by atoms with Gasteiger partial charge in [0.2, 0.25) is 5.88 Å². The second kappa shape index (κ2) is 6.02. The lowest BCUT2D eigenvalue weighted by atomic mass is 10.3. The number of ether oxygens (including phenoxy) is 1. The van der Waals surface area contributed by atoms with Gasteiger partial charge in [0.05, 0.1) is 5.56 Å². The van der Waals surface area contributed by atoms with Gasteiger partial charge in [-0.1, -0.05) is 11.6 Å². The van der Waals surface area contributed by atoms with Gasteiger partial charge in [-0.25, -0.2) is 9.78 Å². The molecular weight excluding hydrogens is 256 g/mol. The highest BCUT2D eigenvalue weighted by atomic mass is 35.5. The number of hydrogen-bond donors (Lipinski definition) is 1. The molecule has 0 bridgehead atoms. The molecule has 5 nitrogen and oxygen atoms in total. The Morgan fingerprint density at radius 3 is 2.83 bits per heavy atom. The molecule has 0 radical (unpaired) electrons. The van der Waals surface area contributed by atoms with Crippen LogP contribution in [0.2, 0.25) is 5.02 Å². The number of aromatic carboxylic acids is 1. The van der Waals surface area contributed by atoms with Crippen molar-refractivity contribution in [1.29, 1.82) is 0 Å². The van der Waals surface area contributed by atoms with Crippen LogP contribution in [0.1, 0.15) is 23.2 Å². The van der Waals surface area contributed by atoms with Gasteiger partial charge < -0.3 is 9.84 Å². The lowest BCUT2D eigenvalue weighted by molar-refractivity contribution is 0.0696. The number of carboxylic acid groups (broad SMARTS) is 1. The molecule has 0 aliphatic carbocycles. The van der Waals surface area contributed by atoms with Crippen molar-refractivity contribution in [2.24, 2.45) is 0 Å². The maximum atomic E-state index is 10.7. The van der Waals surface area contributed by atoms with Crippen molar-refractivity contribution in [2.45, 2.75) is 12.8 Å². The standard InChI is InChI=1S/C12H15ClN2O3/c13-10-7-9(12(16)17)8-14-11(10)18-6-5-15-3-1-2-4-15/h7-8H,1-6H2,(H,16,17). The summed E-state index contributed by atoms with van der Waals surface area (Å²) in [7, 11) is 0. The quantitative estimate of drug-likeness (QED) is 0.885. The van der Waals surface area contributed by atoms with E-state index in [4.69, 9.17) is 21.4 Å². The summed E-state index contributed by atoms with van der Waals surface area (Å²) < 4.78 is 5.46. The predicted octanol–water partition coefficient (Wildman–Crippen LogP) is 1.91. The maximum Gasteiger partial charge on any atom is 0.337 e. The molecule has 6 heteroatoms. The van der Waals surface area contributed by atoms with E-state index in [1.165, 1.54) is 25.1 Å². The molecular formula is C12H15ClN2O3. The first-order valence-electron chi connectivity index (χ1n) is 5.91. The molecule has 0 unspecified atom stereocenters. The fourth-order valence-corrected chi connectivity index (χ4v) is 2.15. The van der Waals surface area contributed by atoms with Crippen molar-refractivity contribution >= 4 is 17.6 Å². The van der Waals surface area contributed by atoms with Crippen LogP contribution >= 0.6 is 11.6 Å². The topological polar surface area (TPSA) is 62.7 Å². The van der Waals surface area contributed by atoms with E-state index >= 15 is 0 Å². The van der Waals surface area contributed by atoms with Crippen molar-refractivity contribution in [3.8, 4) is 5.88 Å². The Morgan fingerprint density at radius 2 is 2.22 bits per heavy atom. The van der Waals surface area contributed by atoms with Gasteiger partial charge in [0, 0.05) is 12.7 Å². The molecule has 18 heavy (non-hydrogen) atoms. The molecule has 0 spiro atoms. The van der Waals surface area contributed by atoms with E-state index in [-0.39, 0.29) is 10.6 Å². The Hall–Kier alpha value is -1.33. The lowest BCUT2D eigenvalue weighted by Crippen LogP contribution is -2.25. The third kappa shape index (κ3) is 3.34. The number of aromatic nitrogens is 1. The van der Waals surface area contributed by atoms with Crippen molar-refractivity contribution in [2.75, 3.05) is 26.2 Å². The Balaban J connectivity index is 1.87.